The van der Waals surface area contributed by atoms with Crippen LogP contribution in [0.3, 0.4) is 0 Å². The van der Waals surface area contributed by atoms with Crippen LogP contribution >= 0.6 is 0 Å². The van der Waals surface area contributed by atoms with E-state index in [-0.39, 0.29) is 17.3 Å². The van der Waals surface area contributed by atoms with Gasteiger partial charge in [-0.2, -0.15) is 0 Å². The van der Waals surface area contributed by atoms with Gasteiger partial charge >= 0.3 is 0 Å². The molecule has 1 atom stereocenters. The number of rotatable bonds is 6. The number of benzene rings is 3. The molecule has 3 aromatic rings. The molecule has 0 bridgehead atoms. The zero-order valence-electron chi connectivity index (χ0n) is 15.1. The van der Waals surface area contributed by atoms with Crippen LogP contribution in [0.25, 0.3) is 0 Å². The molecular formula is C21H19FN2O3S. The van der Waals surface area contributed by atoms with Gasteiger partial charge in [0.1, 0.15) is 10.7 Å². The summed E-state index contributed by atoms with van der Waals surface area (Å²) in [5.41, 5.74) is 1.13. The van der Waals surface area contributed by atoms with Crippen molar-refractivity contribution in [1.82, 2.24) is 5.32 Å². The van der Waals surface area contributed by atoms with Crippen molar-refractivity contribution in [3.8, 4) is 0 Å². The molecule has 28 heavy (non-hydrogen) atoms. The molecule has 0 radical (unpaired) electrons. The topological polar surface area (TPSA) is 75.3 Å². The maximum Gasteiger partial charge on any atom is 0.264 e. The average Bonchev–Trinajstić information content (AvgIpc) is 2.69. The number of hydrogen-bond acceptors (Lipinski definition) is 3. The van der Waals surface area contributed by atoms with Crippen LogP contribution < -0.4 is 10.0 Å². The SMILES string of the molecule is CC(NC(=O)c1ccccc1NS(=O)(=O)c1ccccc1F)c1ccccc1. The van der Waals surface area contributed by atoms with Crippen LogP contribution in [0.1, 0.15) is 28.9 Å². The monoisotopic (exact) mass is 398 g/mol. The fraction of sp³-hybridized carbons (Fsp3) is 0.0952. The van der Waals surface area contributed by atoms with Gasteiger partial charge in [0.2, 0.25) is 0 Å². The van der Waals surface area contributed by atoms with E-state index in [0.717, 1.165) is 17.7 Å². The summed E-state index contributed by atoms with van der Waals surface area (Å²) in [4.78, 5) is 12.2. The van der Waals surface area contributed by atoms with E-state index in [4.69, 9.17) is 0 Å². The van der Waals surface area contributed by atoms with E-state index in [2.05, 4.69) is 10.0 Å². The van der Waals surface area contributed by atoms with Crippen molar-refractivity contribution >= 4 is 21.6 Å². The highest BCUT2D eigenvalue weighted by molar-refractivity contribution is 7.92. The van der Waals surface area contributed by atoms with Crippen LogP contribution in [-0.2, 0) is 10.0 Å². The number of halogens is 1. The van der Waals surface area contributed by atoms with Crippen LogP contribution in [0, 0.1) is 5.82 Å². The van der Waals surface area contributed by atoms with Crippen molar-refractivity contribution in [1.29, 1.82) is 0 Å². The summed E-state index contributed by atoms with van der Waals surface area (Å²) in [7, 11) is -4.19. The molecule has 144 valence electrons. The van der Waals surface area contributed by atoms with Crippen LogP contribution in [0.15, 0.2) is 83.8 Å². The van der Waals surface area contributed by atoms with Crippen LogP contribution in [0.2, 0.25) is 0 Å². The molecule has 0 heterocycles. The second kappa shape index (κ2) is 8.22. The number of carbonyl (C=O) groups is 1. The molecule has 1 amide bonds. The normalized spacial score (nSPS) is 12.2. The molecule has 3 aromatic carbocycles. The lowest BCUT2D eigenvalue weighted by molar-refractivity contribution is 0.0941. The summed E-state index contributed by atoms with van der Waals surface area (Å²) in [6.45, 7) is 1.83. The fourth-order valence-electron chi connectivity index (χ4n) is 2.73. The largest absolute Gasteiger partial charge is 0.345 e. The fourth-order valence-corrected chi connectivity index (χ4v) is 3.89. The molecule has 0 fully saturated rings. The molecule has 7 heteroatoms. The smallest absolute Gasteiger partial charge is 0.264 e. The number of nitrogens with one attached hydrogen (secondary N) is 2. The molecule has 2 N–H and O–H groups in total. The first kappa shape index (κ1) is 19.6. The lowest BCUT2D eigenvalue weighted by atomic mass is 10.1. The summed E-state index contributed by atoms with van der Waals surface area (Å²) >= 11 is 0. The third-order valence-corrected chi connectivity index (χ3v) is 5.59. The maximum atomic E-state index is 13.9. The molecule has 5 nitrogen and oxygen atoms in total. The Bertz CT molecular complexity index is 1090. The van der Waals surface area contributed by atoms with Gasteiger partial charge in [-0.1, -0.05) is 54.6 Å². The van der Waals surface area contributed by atoms with Crippen molar-refractivity contribution in [2.24, 2.45) is 0 Å². The molecule has 0 aliphatic heterocycles. The number of anilines is 1. The van der Waals surface area contributed by atoms with Gasteiger partial charge in [0.15, 0.2) is 0 Å². The van der Waals surface area contributed by atoms with E-state index in [1.165, 1.54) is 24.3 Å². The number of para-hydroxylation sites is 1. The molecule has 0 aromatic heterocycles. The van der Waals surface area contributed by atoms with Gasteiger partial charge in [-0.05, 0) is 36.8 Å². The zero-order chi connectivity index (χ0) is 20.1. The van der Waals surface area contributed by atoms with Crippen molar-refractivity contribution in [3.63, 3.8) is 0 Å². The predicted octanol–water partition coefficient (Wildman–Crippen LogP) is 4.12. The van der Waals surface area contributed by atoms with Crippen LogP contribution in [0.5, 0.6) is 0 Å². The van der Waals surface area contributed by atoms with Gasteiger partial charge in [0.25, 0.3) is 15.9 Å². The molecule has 0 spiro atoms. The standard InChI is InChI=1S/C21H19FN2O3S/c1-15(16-9-3-2-4-10-16)23-21(25)17-11-5-7-13-19(17)24-28(26,27)20-14-8-6-12-18(20)22/h2-15,24H,1H3,(H,23,25). The Morgan fingerprint density at radius 3 is 2.21 bits per heavy atom. The molecule has 0 saturated carbocycles. The van der Waals surface area contributed by atoms with Gasteiger partial charge in [-0.25, -0.2) is 12.8 Å². The highest BCUT2D eigenvalue weighted by Gasteiger charge is 2.22. The molecular weight excluding hydrogens is 379 g/mol. The Morgan fingerprint density at radius 1 is 0.893 bits per heavy atom. The lowest BCUT2D eigenvalue weighted by Gasteiger charge is -2.17. The molecule has 3 rings (SSSR count). The molecule has 0 saturated heterocycles. The minimum absolute atomic E-state index is 0.0727. The van der Waals surface area contributed by atoms with Gasteiger partial charge in [0, 0.05) is 0 Å². The van der Waals surface area contributed by atoms with Crippen LogP contribution in [-0.4, -0.2) is 14.3 Å². The number of carbonyl (C=O) groups excluding carboxylic acids is 1. The second-order valence-corrected chi connectivity index (χ2v) is 7.84. The van der Waals surface area contributed by atoms with Gasteiger partial charge in [0.05, 0.1) is 17.3 Å². The van der Waals surface area contributed by atoms with Crippen molar-refractivity contribution < 1.29 is 17.6 Å². The molecule has 0 aliphatic rings. The third kappa shape index (κ3) is 4.37. The Kier molecular flexibility index (Phi) is 5.75. The van der Waals surface area contributed by atoms with E-state index in [1.807, 2.05) is 37.3 Å². The van der Waals surface area contributed by atoms with E-state index in [0.29, 0.717) is 0 Å². The quantitative estimate of drug-likeness (QED) is 0.656. The Morgan fingerprint density at radius 2 is 1.50 bits per heavy atom. The number of amides is 1. The highest BCUT2D eigenvalue weighted by atomic mass is 32.2. The van der Waals surface area contributed by atoms with Gasteiger partial charge < -0.3 is 5.32 Å². The summed E-state index contributed by atoms with van der Waals surface area (Å²) in [6, 6.07) is 20.4. The summed E-state index contributed by atoms with van der Waals surface area (Å²) in [5, 5.41) is 2.84. The predicted molar refractivity (Wildman–Crippen MR) is 106 cm³/mol. The first-order valence-corrected chi connectivity index (χ1v) is 10.1. The minimum atomic E-state index is -4.19. The van der Waals surface area contributed by atoms with Crippen molar-refractivity contribution in [2.45, 2.75) is 17.9 Å². The molecule has 0 aliphatic carbocycles. The first-order valence-electron chi connectivity index (χ1n) is 8.60. The summed E-state index contributed by atoms with van der Waals surface area (Å²) in [6.07, 6.45) is 0. The molecule has 1 unspecified atom stereocenters. The Balaban J connectivity index is 1.85. The zero-order valence-corrected chi connectivity index (χ0v) is 15.9. The van der Waals surface area contributed by atoms with E-state index in [1.54, 1.807) is 12.1 Å². The van der Waals surface area contributed by atoms with E-state index >= 15 is 0 Å². The first-order chi connectivity index (χ1) is 13.4. The average molecular weight is 398 g/mol. The summed E-state index contributed by atoms with van der Waals surface area (Å²) < 4.78 is 41.3. The highest BCUT2D eigenvalue weighted by Crippen LogP contribution is 2.22. The maximum absolute atomic E-state index is 13.9. The van der Waals surface area contributed by atoms with Crippen LogP contribution in [0.4, 0.5) is 10.1 Å². The number of hydrogen-bond donors (Lipinski definition) is 2. The van der Waals surface area contributed by atoms with E-state index in [9.17, 15) is 17.6 Å². The van der Waals surface area contributed by atoms with Crippen molar-refractivity contribution in [3.05, 3.63) is 95.8 Å². The van der Waals surface area contributed by atoms with E-state index < -0.39 is 26.6 Å². The third-order valence-electron chi connectivity index (χ3n) is 4.19. The summed E-state index contributed by atoms with van der Waals surface area (Å²) in [5.74, 6) is -1.31. The number of sulfonamides is 1. The van der Waals surface area contributed by atoms with Gasteiger partial charge in [-0.3, -0.25) is 9.52 Å². The minimum Gasteiger partial charge on any atom is -0.345 e. The Labute approximate surface area is 163 Å². The Hall–Kier alpha value is -3.19. The lowest BCUT2D eigenvalue weighted by Crippen LogP contribution is -2.28. The van der Waals surface area contributed by atoms with Gasteiger partial charge in [-0.15, -0.1) is 0 Å². The second-order valence-electron chi connectivity index (χ2n) is 6.19. The van der Waals surface area contributed by atoms with Crippen molar-refractivity contribution in [2.75, 3.05) is 4.72 Å².